The molecule has 1 amide bonds. The molecule has 3 heteroatoms. The van der Waals surface area contributed by atoms with Crippen LogP contribution in [0.3, 0.4) is 0 Å². The molecule has 1 aliphatic rings. The Morgan fingerprint density at radius 3 is 2.35 bits per heavy atom. The summed E-state index contributed by atoms with van der Waals surface area (Å²) in [6.45, 7) is 6.58. The predicted octanol–water partition coefficient (Wildman–Crippen LogP) is 3.62. The fourth-order valence-electron chi connectivity index (χ4n) is 2.52. The van der Waals surface area contributed by atoms with Gasteiger partial charge in [0.15, 0.2) is 0 Å². The summed E-state index contributed by atoms with van der Waals surface area (Å²) in [6.07, 6.45) is 6.04. The highest BCUT2D eigenvalue weighted by atomic mass is 16.2. The van der Waals surface area contributed by atoms with Crippen molar-refractivity contribution in [1.82, 2.24) is 5.43 Å². The number of nitrogens with one attached hydrogen (secondary N) is 1. The molecule has 0 aromatic heterocycles. The lowest BCUT2D eigenvalue weighted by Gasteiger charge is -2.18. The smallest absolute Gasteiger partial charge is 0.243 e. The summed E-state index contributed by atoms with van der Waals surface area (Å²) in [6, 6.07) is 8.29. The molecule has 0 bridgehead atoms. The Labute approximate surface area is 121 Å². The second-order valence-corrected chi connectivity index (χ2v) is 6.59. The number of hydrogen-bond acceptors (Lipinski definition) is 2. The number of carbonyl (C=O) groups excluding carboxylic acids is 1. The van der Waals surface area contributed by atoms with Gasteiger partial charge in [-0.3, -0.25) is 4.79 Å². The standard InChI is InChI=1S/C17H24N2O/c1-17(2,3)15-10-8-13(9-11-15)12-18-19-16(20)14-6-4-5-7-14/h8-12,14H,4-7H2,1-3H3,(H,19,20)/b18-12-. The zero-order chi connectivity index (χ0) is 14.6. The van der Waals surface area contributed by atoms with Gasteiger partial charge in [-0.25, -0.2) is 5.43 Å². The highest BCUT2D eigenvalue weighted by molar-refractivity contribution is 5.83. The van der Waals surface area contributed by atoms with Crippen LogP contribution in [0.25, 0.3) is 0 Å². The van der Waals surface area contributed by atoms with Crippen LogP contribution in [0.15, 0.2) is 29.4 Å². The van der Waals surface area contributed by atoms with Crippen LogP contribution >= 0.6 is 0 Å². The van der Waals surface area contributed by atoms with E-state index >= 15 is 0 Å². The molecular formula is C17H24N2O. The van der Waals surface area contributed by atoms with Gasteiger partial charge in [0.2, 0.25) is 5.91 Å². The minimum atomic E-state index is 0.0602. The van der Waals surface area contributed by atoms with Crippen LogP contribution in [0.2, 0.25) is 0 Å². The number of nitrogens with zero attached hydrogens (tertiary/aromatic N) is 1. The van der Waals surface area contributed by atoms with E-state index in [-0.39, 0.29) is 17.2 Å². The Bertz CT molecular complexity index is 477. The maximum Gasteiger partial charge on any atom is 0.243 e. The maximum absolute atomic E-state index is 11.8. The Balaban J connectivity index is 1.89. The van der Waals surface area contributed by atoms with Crippen LogP contribution in [0.5, 0.6) is 0 Å². The number of hydrazone groups is 1. The number of rotatable bonds is 3. The van der Waals surface area contributed by atoms with Gasteiger partial charge in [-0.05, 0) is 29.4 Å². The summed E-state index contributed by atoms with van der Waals surface area (Å²) < 4.78 is 0. The Kier molecular flexibility index (Phi) is 4.58. The van der Waals surface area contributed by atoms with Crippen molar-refractivity contribution in [3.05, 3.63) is 35.4 Å². The van der Waals surface area contributed by atoms with Gasteiger partial charge in [-0.15, -0.1) is 0 Å². The lowest BCUT2D eigenvalue weighted by Crippen LogP contribution is -2.24. The van der Waals surface area contributed by atoms with E-state index in [0.717, 1.165) is 31.2 Å². The zero-order valence-electron chi connectivity index (χ0n) is 12.6. The zero-order valence-corrected chi connectivity index (χ0v) is 12.6. The van der Waals surface area contributed by atoms with Crippen LogP contribution in [-0.2, 0) is 10.2 Å². The van der Waals surface area contributed by atoms with E-state index in [1.54, 1.807) is 6.21 Å². The van der Waals surface area contributed by atoms with E-state index in [9.17, 15) is 4.79 Å². The van der Waals surface area contributed by atoms with E-state index in [0.29, 0.717) is 0 Å². The molecule has 1 aromatic carbocycles. The van der Waals surface area contributed by atoms with E-state index in [2.05, 4.69) is 43.4 Å². The molecule has 0 aliphatic heterocycles. The highest BCUT2D eigenvalue weighted by Crippen LogP contribution is 2.24. The molecule has 1 aliphatic carbocycles. The van der Waals surface area contributed by atoms with E-state index < -0.39 is 0 Å². The van der Waals surface area contributed by atoms with Gasteiger partial charge < -0.3 is 0 Å². The van der Waals surface area contributed by atoms with Crippen molar-refractivity contribution in [3.63, 3.8) is 0 Å². The maximum atomic E-state index is 11.8. The minimum Gasteiger partial charge on any atom is -0.273 e. The van der Waals surface area contributed by atoms with Crippen molar-refractivity contribution < 1.29 is 4.79 Å². The first-order valence-corrected chi connectivity index (χ1v) is 7.40. The Hall–Kier alpha value is -1.64. The second kappa shape index (κ2) is 6.21. The normalized spacial score (nSPS) is 16.8. The molecule has 0 radical (unpaired) electrons. The third-order valence-electron chi connectivity index (χ3n) is 3.89. The Morgan fingerprint density at radius 2 is 1.80 bits per heavy atom. The van der Waals surface area contributed by atoms with Crippen molar-refractivity contribution in [2.45, 2.75) is 51.9 Å². The van der Waals surface area contributed by atoms with Crippen LogP contribution < -0.4 is 5.43 Å². The second-order valence-electron chi connectivity index (χ2n) is 6.59. The topological polar surface area (TPSA) is 41.5 Å². The number of hydrogen-bond donors (Lipinski definition) is 1. The molecule has 108 valence electrons. The van der Waals surface area contributed by atoms with Crippen LogP contribution in [0, 0.1) is 5.92 Å². The van der Waals surface area contributed by atoms with E-state index in [1.807, 2.05) is 12.1 Å². The fourth-order valence-corrected chi connectivity index (χ4v) is 2.52. The molecule has 3 nitrogen and oxygen atoms in total. The molecule has 0 atom stereocenters. The average molecular weight is 272 g/mol. The molecular weight excluding hydrogens is 248 g/mol. The molecule has 2 rings (SSSR count). The van der Waals surface area contributed by atoms with Gasteiger partial charge in [-0.1, -0.05) is 57.9 Å². The summed E-state index contributed by atoms with van der Waals surface area (Å²) in [5.41, 5.74) is 5.11. The van der Waals surface area contributed by atoms with Gasteiger partial charge in [-0.2, -0.15) is 5.10 Å². The first kappa shape index (κ1) is 14.8. The van der Waals surface area contributed by atoms with E-state index in [4.69, 9.17) is 0 Å². The van der Waals surface area contributed by atoms with Crippen molar-refractivity contribution >= 4 is 12.1 Å². The number of benzene rings is 1. The molecule has 1 N–H and O–H groups in total. The first-order chi connectivity index (χ1) is 9.47. The van der Waals surface area contributed by atoms with Crippen LogP contribution in [-0.4, -0.2) is 12.1 Å². The summed E-state index contributed by atoms with van der Waals surface area (Å²) in [4.78, 5) is 11.8. The van der Waals surface area contributed by atoms with Crippen molar-refractivity contribution in [2.75, 3.05) is 0 Å². The largest absolute Gasteiger partial charge is 0.273 e. The molecule has 20 heavy (non-hydrogen) atoms. The Morgan fingerprint density at radius 1 is 1.20 bits per heavy atom. The summed E-state index contributed by atoms with van der Waals surface area (Å²) in [5.74, 6) is 0.223. The van der Waals surface area contributed by atoms with Gasteiger partial charge >= 0.3 is 0 Å². The van der Waals surface area contributed by atoms with Gasteiger partial charge in [0.1, 0.15) is 0 Å². The van der Waals surface area contributed by atoms with Crippen LogP contribution in [0.4, 0.5) is 0 Å². The SMILES string of the molecule is CC(C)(C)c1ccc(/C=N\NC(=O)C2CCCC2)cc1. The molecule has 0 heterocycles. The van der Waals surface area contributed by atoms with Gasteiger partial charge in [0, 0.05) is 5.92 Å². The lowest BCUT2D eigenvalue weighted by atomic mass is 9.87. The molecule has 0 saturated heterocycles. The van der Waals surface area contributed by atoms with Crippen molar-refractivity contribution in [1.29, 1.82) is 0 Å². The molecule has 0 unspecified atom stereocenters. The highest BCUT2D eigenvalue weighted by Gasteiger charge is 2.21. The average Bonchev–Trinajstić information content (AvgIpc) is 2.92. The summed E-state index contributed by atoms with van der Waals surface area (Å²) in [7, 11) is 0. The molecule has 1 aromatic rings. The van der Waals surface area contributed by atoms with Crippen molar-refractivity contribution in [2.24, 2.45) is 11.0 Å². The number of carbonyl (C=O) groups is 1. The number of amides is 1. The molecule has 1 fully saturated rings. The van der Waals surface area contributed by atoms with Gasteiger partial charge in [0.25, 0.3) is 0 Å². The summed E-state index contributed by atoms with van der Waals surface area (Å²) in [5, 5.41) is 4.05. The third kappa shape index (κ3) is 3.92. The van der Waals surface area contributed by atoms with Crippen molar-refractivity contribution in [3.8, 4) is 0 Å². The quantitative estimate of drug-likeness (QED) is 0.662. The monoisotopic (exact) mass is 272 g/mol. The fraction of sp³-hybridized carbons (Fsp3) is 0.529. The molecule has 0 spiro atoms. The molecule has 1 saturated carbocycles. The van der Waals surface area contributed by atoms with E-state index in [1.165, 1.54) is 5.56 Å². The lowest BCUT2D eigenvalue weighted by molar-refractivity contribution is -0.124. The first-order valence-electron chi connectivity index (χ1n) is 7.40. The third-order valence-corrected chi connectivity index (χ3v) is 3.89. The predicted molar refractivity (Wildman–Crippen MR) is 82.8 cm³/mol. The van der Waals surface area contributed by atoms with Gasteiger partial charge in [0.05, 0.1) is 6.21 Å². The minimum absolute atomic E-state index is 0.0602. The van der Waals surface area contributed by atoms with Crippen LogP contribution in [0.1, 0.15) is 57.6 Å². The summed E-state index contributed by atoms with van der Waals surface area (Å²) >= 11 is 0.